The molecule has 0 fully saturated rings. The number of thiocarbonyl (C=S) groups is 1. The van der Waals surface area contributed by atoms with Gasteiger partial charge in [0, 0.05) is 41.8 Å². The average molecular weight is 500 g/mol. The molecule has 0 N–H and O–H groups in total. The number of fused-ring (bicyclic) bond motifs is 1. The van der Waals surface area contributed by atoms with Gasteiger partial charge in [-0.1, -0.05) is 48.6 Å². The maximum Gasteiger partial charge on any atom is 0.162 e. The molecule has 36 heavy (non-hydrogen) atoms. The molecule has 0 spiro atoms. The number of pyridine rings is 1. The first-order chi connectivity index (χ1) is 17.4. The third kappa shape index (κ3) is 5.89. The normalized spacial score (nSPS) is 10.8. The van der Waals surface area contributed by atoms with E-state index in [4.69, 9.17) is 26.4 Å². The summed E-state index contributed by atoms with van der Waals surface area (Å²) in [5, 5.41) is 0.828. The molecule has 0 amide bonds. The summed E-state index contributed by atoms with van der Waals surface area (Å²) in [4.78, 5) is 17.7. The van der Waals surface area contributed by atoms with Crippen LogP contribution in [0.2, 0.25) is 0 Å². The molecule has 0 saturated heterocycles. The van der Waals surface area contributed by atoms with Crippen LogP contribution in [0, 0.1) is 13.8 Å². The van der Waals surface area contributed by atoms with E-state index in [0.29, 0.717) is 36.5 Å². The summed E-state index contributed by atoms with van der Waals surface area (Å²) < 4.78 is 17.2. The number of aryl methyl sites for hydroxylation is 2. The van der Waals surface area contributed by atoms with Gasteiger partial charge < -0.3 is 14.2 Å². The van der Waals surface area contributed by atoms with Crippen LogP contribution in [-0.2, 0) is 17.6 Å². The minimum Gasteiger partial charge on any atom is -0.493 e. The smallest absolute Gasteiger partial charge is 0.162 e. The van der Waals surface area contributed by atoms with E-state index < -0.39 is 0 Å². The summed E-state index contributed by atoms with van der Waals surface area (Å²) in [6.07, 6.45) is 3.00. The third-order valence-corrected chi connectivity index (χ3v) is 6.38. The number of carbonyl (C=O) groups is 1. The number of benzene rings is 3. The minimum atomic E-state index is 0.136. The molecule has 0 unspecified atom stereocenters. The molecule has 4 aromatic rings. The van der Waals surface area contributed by atoms with Crippen LogP contribution < -0.4 is 14.2 Å². The summed E-state index contributed by atoms with van der Waals surface area (Å²) in [5.74, 6) is 2.80. The van der Waals surface area contributed by atoms with Crippen molar-refractivity contribution in [3.05, 3.63) is 89.1 Å². The van der Waals surface area contributed by atoms with Crippen LogP contribution in [0.4, 0.5) is 0 Å². The van der Waals surface area contributed by atoms with Gasteiger partial charge in [-0.05, 0) is 54.3 Å². The largest absolute Gasteiger partial charge is 0.493 e. The fraction of sp³-hybridized carbons (Fsp3) is 0.233. The van der Waals surface area contributed by atoms with Gasteiger partial charge >= 0.3 is 0 Å². The lowest BCUT2D eigenvalue weighted by Crippen LogP contribution is -2.11. The molecule has 6 heteroatoms. The first kappa shape index (κ1) is 25.3. The molecule has 0 saturated carbocycles. The van der Waals surface area contributed by atoms with Crippen LogP contribution in [0.3, 0.4) is 0 Å². The molecule has 1 aromatic heterocycles. The molecule has 1 heterocycles. The topological polar surface area (TPSA) is 57.7 Å². The van der Waals surface area contributed by atoms with E-state index >= 15 is 0 Å². The van der Waals surface area contributed by atoms with Gasteiger partial charge in [0.25, 0.3) is 0 Å². The second kappa shape index (κ2) is 11.3. The summed E-state index contributed by atoms with van der Waals surface area (Å²) in [6, 6.07) is 19.4. The van der Waals surface area contributed by atoms with Crippen LogP contribution in [0.1, 0.15) is 28.7 Å². The maximum absolute atomic E-state index is 12.5. The number of ether oxygens (including phenoxy) is 3. The van der Waals surface area contributed by atoms with E-state index in [1.165, 1.54) is 0 Å². The predicted octanol–water partition coefficient (Wildman–Crippen LogP) is 6.78. The minimum absolute atomic E-state index is 0.136. The van der Waals surface area contributed by atoms with Gasteiger partial charge in [-0.3, -0.25) is 9.78 Å². The molecule has 4 rings (SSSR count). The van der Waals surface area contributed by atoms with E-state index in [1.54, 1.807) is 20.4 Å². The predicted molar refractivity (Wildman–Crippen MR) is 147 cm³/mol. The standard InChI is InChI=1S/C30H29NO4S/c1-19-13-28(35-27-10-11-31-26-18-30(34-4)29(33-3)17-25(26)27)20(2)12-22(19)15-24(36)16-23(32)14-21-8-6-5-7-9-21/h5-13,17-18H,14-16H2,1-4H3. The van der Waals surface area contributed by atoms with Crippen LogP contribution in [0.15, 0.2) is 66.9 Å². The van der Waals surface area contributed by atoms with E-state index in [9.17, 15) is 4.79 Å². The quantitative estimate of drug-likeness (QED) is 0.224. The Kier molecular flexibility index (Phi) is 7.96. The SMILES string of the molecule is COc1cc2nccc(Oc3cc(C)c(CC(=S)CC(=O)Cc4ccccc4)cc3C)c2cc1OC. The van der Waals surface area contributed by atoms with Crippen molar-refractivity contribution in [2.45, 2.75) is 33.1 Å². The van der Waals surface area contributed by atoms with Gasteiger partial charge in [0.1, 0.15) is 17.3 Å². The molecule has 3 aromatic carbocycles. The molecule has 0 bridgehead atoms. The number of aromatic nitrogens is 1. The molecule has 184 valence electrons. The first-order valence-electron chi connectivity index (χ1n) is 11.7. The van der Waals surface area contributed by atoms with Crippen molar-refractivity contribution in [1.29, 1.82) is 0 Å². The molecule has 5 nitrogen and oxygen atoms in total. The highest BCUT2D eigenvalue weighted by atomic mass is 32.1. The van der Waals surface area contributed by atoms with Crippen molar-refractivity contribution in [2.24, 2.45) is 0 Å². The zero-order chi connectivity index (χ0) is 25.7. The Bertz CT molecular complexity index is 1420. The second-order valence-electron chi connectivity index (χ2n) is 8.77. The summed E-state index contributed by atoms with van der Waals surface area (Å²) in [5.41, 5.74) is 4.91. The fourth-order valence-electron chi connectivity index (χ4n) is 4.19. The molecular formula is C30H29NO4S. The number of hydrogen-bond acceptors (Lipinski definition) is 6. The molecule has 0 aliphatic carbocycles. The van der Waals surface area contributed by atoms with E-state index in [-0.39, 0.29) is 5.78 Å². The van der Waals surface area contributed by atoms with E-state index in [0.717, 1.165) is 43.8 Å². The first-order valence-corrected chi connectivity index (χ1v) is 12.1. The van der Waals surface area contributed by atoms with Crippen LogP contribution in [-0.4, -0.2) is 29.9 Å². The number of ketones is 1. The zero-order valence-corrected chi connectivity index (χ0v) is 21.8. The number of rotatable bonds is 10. The van der Waals surface area contributed by atoms with Crippen LogP contribution >= 0.6 is 12.2 Å². The Morgan fingerprint density at radius 2 is 1.56 bits per heavy atom. The number of methoxy groups -OCH3 is 2. The average Bonchev–Trinajstić information content (AvgIpc) is 2.86. The summed E-state index contributed by atoms with van der Waals surface area (Å²) >= 11 is 5.59. The highest BCUT2D eigenvalue weighted by molar-refractivity contribution is 7.80. The van der Waals surface area contributed by atoms with Crippen LogP contribution in [0.25, 0.3) is 10.9 Å². The molecule has 0 aliphatic heterocycles. The van der Waals surface area contributed by atoms with Crippen molar-refractivity contribution < 1.29 is 19.0 Å². The molecular weight excluding hydrogens is 470 g/mol. The third-order valence-electron chi connectivity index (χ3n) is 6.09. The van der Waals surface area contributed by atoms with Gasteiger partial charge in [0.05, 0.1) is 19.7 Å². The molecule has 0 aliphatic rings. The van der Waals surface area contributed by atoms with Gasteiger partial charge in [-0.25, -0.2) is 0 Å². The zero-order valence-electron chi connectivity index (χ0n) is 21.0. The lowest BCUT2D eigenvalue weighted by atomic mass is 9.97. The number of hydrogen-bond donors (Lipinski definition) is 0. The summed E-state index contributed by atoms with van der Waals surface area (Å²) in [7, 11) is 3.20. The number of nitrogens with zero attached hydrogens (tertiary/aromatic N) is 1. The van der Waals surface area contributed by atoms with Crippen LogP contribution in [0.5, 0.6) is 23.0 Å². The Balaban J connectivity index is 1.50. The lowest BCUT2D eigenvalue weighted by molar-refractivity contribution is -0.117. The Morgan fingerprint density at radius 1 is 0.833 bits per heavy atom. The van der Waals surface area contributed by atoms with Gasteiger partial charge in [-0.2, -0.15) is 0 Å². The lowest BCUT2D eigenvalue weighted by Gasteiger charge is -2.16. The van der Waals surface area contributed by atoms with Crippen molar-refractivity contribution in [2.75, 3.05) is 14.2 Å². The van der Waals surface area contributed by atoms with Crippen molar-refractivity contribution in [3.63, 3.8) is 0 Å². The molecule has 0 radical (unpaired) electrons. The highest BCUT2D eigenvalue weighted by Gasteiger charge is 2.15. The monoisotopic (exact) mass is 499 g/mol. The van der Waals surface area contributed by atoms with E-state index in [2.05, 4.69) is 11.1 Å². The Morgan fingerprint density at radius 3 is 2.28 bits per heavy atom. The maximum atomic E-state index is 12.5. The van der Waals surface area contributed by atoms with Crippen molar-refractivity contribution >= 4 is 33.8 Å². The second-order valence-corrected chi connectivity index (χ2v) is 9.35. The highest BCUT2D eigenvalue weighted by Crippen LogP contribution is 2.38. The van der Waals surface area contributed by atoms with Gasteiger partial charge in [-0.15, -0.1) is 0 Å². The van der Waals surface area contributed by atoms with Crippen molar-refractivity contribution in [1.82, 2.24) is 4.98 Å². The number of Topliss-reactive ketones (excluding diaryl/α,β-unsaturated/α-hetero) is 1. The van der Waals surface area contributed by atoms with E-state index in [1.807, 2.05) is 68.4 Å². The van der Waals surface area contributed by atoms with Gasteiger partial charge in [0.2, 0.25) is 0 Å². The Labute approximate surface area is 217 Å². The molecule has 0 atom stereocenters. The van der Waals surface area contributed by atoms with Gasteiger partial charge in [0.15, 0.2) is 11.5 Å². The summed E-state index contributed by atoms with van der Waals surface area (Å²) in [6.45, 7) is 4.05. The number of carbonyl (C=O) groups excluding carboxylic acids is 1. The van der Waals surface area contributed by atoms with Crippen molar-refractivity contribution in [3.8, 4) is 23.0 Å². The fourth-order valence-corrected chi connectivity index (χ4v) is 4.50. The Hall–Kier alpha value is -3.77.